The zero-order valence-corrected chi connectivity index (χ0v) is 10.1. The van der Waals surface area contributed by atoms with E-state index < -0.39 is 11.9 Å². The normalized spacial score (nSPS) is 10.3. The molecule has 5 heteroatoms. The van der Waals surface area contributed by atoms with E-state index in [9.17, 15) is 9.59 Å². The molecule has 18 heavy (non-hydrogen) atoms. The van der Waals surface area contributed by atoms with Crippen molar-refractivity contribution >= 4 is 22.8 Å². The lowest BCUT2D eigenvalue weighted by Crippen LogP contribution is -2.29. The molecule has 94 valence electrons. The van der Waals surface area contributed by atoms with Crippen molar-refractivity contribution in [1.29, 1.82) is 0 Å². The molecule has 0 saturated carbocycles. The van der Waals surface area contributed by atoms with Gasteiger partial charge in [-0.3, -0.25) is 9.59 Å². The molecule has 1 aromatic heterocycles. The van der Waals surface area contributed by atoms with E-state index in [0.29, 0.717) is 5.58 Å². The van der Waals surface area contributed by atoms with Gasteiger partial charge in [0.2, 0.25) is 0 Å². The summed E-state index contributed by atoms with van der Waals surface area (Å²) in [5.74, 6) is -0.760. The van der Waals surface area contributed by atoms with Crippen molar-refractivity contribution in [2.45, 2.75) is 6.92 Å². The highest BCUT2D eigenvalue weighted by Gasteiger charge is 2.13. The molecule has 0 aliphatic heterocycles. The summed E-state index contributed by atoms with van der Waals surface area (Å²) in [5.41, 5.74) is 1.73. The number of aryl methyl sites for hydroxylation is 1. The van der Waals surface area contributed by atoms with Crippen molar-refractivity contribution in [3.63, 3.8) is 0 Å². The van der Waals surface area contributed by atoms with E-state index in [4.69, 9.17) is 4.42 Å². The largest absolute Gasteiger partial charge is 0.468 e. The number of ether oxygens (including phenoxy) is 1. The number of esters is 1. The third-order valence-corrected chi connectivity index (χ3v) is 2.52. The molecule has 1 heterocycles. The number of fused-ring (bicyclic) bond motifs is 1. The van der Waals surface area contributed by atoms with Crippen LogP contribution in [0.3, 0.4) is 0 Å². The quantitative estimate of drug-likeness (QED) is 0.837. The van der Waals surface area contributed by atoms with Crippen molar-refractivity contribution in [2.75, 3.05) is 13.7 Å². The van der Waals surface area contributed by atoms with Crippen LogP contribution in [0.4, 0.5) is 0 Å². The van der Waals surface area contributed by atoms with Gasteiger partial charge in [-0.1, -0.05) is 11.6 Å². The number of carbonyl (C=O) groups is 2. The monoisotopic (exact) mass is 247 g/mol. The summed E-state index contributed by atoms with van der Waals surface area (Å²) in [6, 6.07) is 7.29. The van der Waals surface area contributed by atoms with Gasteiger partial charge in [0.15, 0.2) is 5.76 Å². The van der Waals surface area contributed by atoms with Crippen molar-refractivity contribution in [1.82, 2.24) is 5.32 Å². The Morgan fingerprint density at radius 3 is 2.83 bits per heavy atom. The van der Waals surface area contributed by atoms with E-state index in [1.807, 2.05) is 25.1 Å². The molecule has 2 aromatic rings. The number of hydrogen-bond acceptors (Lipinski definition) is 4. The minimum atomic E-state index is -0.504. The lowest BCUT2D eigenvalue weighted by atomic mass is 10.2. The fraction of sp³-hybridized carbons (Fsp3) is 0.231. The fourth-order valence-corrected chi connectivity index (χ4v) is 1.59. The maximum absolute atomic E-state index is 11.7. The van der Waals surface area contributed by atoms with Crippen molar-refractivity contribution < 1.29 is 18.7 Å². The summed E-state index contributed by atoms with van der Waals surface area (Å²) in [6.45, 7) is 1.79. The Kier molecular flexibility index (Phi) is 3.32. The molecular formula is C13H13NO4. The van der Waals surface area contributed by atoms with Gasteiger partial charge in [-0.25, -0.2) is 0 Å². The first-order valence-corrected chi connectivity index (χ1v) is 5.45. The van der Waals surface area contributed by atoms with Crippen LogP contribution in [0.15, 0.2) is 28.7 Å². The van der Waals surface area contributed by atoms with E-state index in [2.05, 4.69) is 10.1 Å². The molecule has 0 fully saturated rings. The fourth-order valence-electron chi connectivity index (χ4n) is 1.59. The molecule has 0 aliphatic carbocycles. The van der Waals surface area contributed by atoms with E-state index in [0.717, 1.165) is 10.9 Å². The van der Waals surface area contributed by atoms with Gasteiger partial charge in [0.05, 0.1) is 7.11 Å². The number of benzene rings is 1. The average Bonchev–Trinajstić information content (AvgIpc) is 2.78. The van der Waals surface area contributed by atoms with Crippen molar-refractivity contribution in [2.24, 2.45) is 0 Å². The average molecular weight is 247 g/mol. The molecule has 1 amide bonds. The highest BCUT2D eigenvalue weighted by molar-refractivity contribution is 5.97. The summed E-state index contributed by atoms with van der Waals surface area (Å²) in [7, 11) is 1.26. The molecule has 0 atom stereocenters. The number of amides is 1. The minimum Gasteiger partial charge on any atom is -0.468 e. The van der Waals surface area contributed by atoms with Gasteiger partial charge in [0, 0.05) is 5.39 Å². The van der Waals surface area contributed by atoms with Gasteiger partial charge >= 0.3 is 5.97 Å². The lowest BCUT2D eigenvalue weighted by Gasteiger charge is -2.00. The van der Waals surface area contributed by atoms with Gasteiger partial charge in [0.1, 0.15) is 12.1 Å². The molecule has 0 radical (unpaired) electrons. The SMILES string of the molecule is COC(=O)CNC(=O)c1cc2cc(C)ccc2o1. The first-order valence-electron chi connectivity index (χ1n) is 5.45. The van der Waals surface area contributed by atoms with Gasteiger partial charge in [-0.15, -0.1) is 0 Å². The highest BCUT2D eigenvalue weighted by Crippen LogP contribution is 2.20. The standard InChI is InChI=1S/C13H13NO4/c1-8-3-4-10-9(5-8)6-11(18-10)13(16)14-7-12(15)17-2/h3-6H,7H2,1-2H3,(H,14,16). The Labute approximate surface area is 104 Å². The third kappa shape index (κ3) is 2.51. The predicted octanol–water partition coefficient (Wildman–Crippen LogP) is 1.64. The second kappa shape index (κ2) is 4.91. The molecule has 0 spiro atoms. The Morgan fingerprint density at radius 2 is 2.11 bits per heavy atom. The summed E-state index contributed by atoms with van der Waals surface area (Å²) < 4.78 is 9.81. The number of carbonyl (C=O) groups excluding carboxylic acids is 2. The van der Waals surface area contributed by atoms with Crippen molar-refractivity contribution in [3.8, 4) is 0 Å². The second-order valence-corrected chi connectivity index (χ2v) is 3.91. The second-order valence-electron chi connectivity index (χ2n) is 3.91. The van der Waals surface area contributed by atoms with Crippen molar-refractivity contribution in [3.05, 3.63) is 35.6 Å². The predicted molar refractivity (Wildman–Crippen MR) is 65.3 cm³/mol. The molecule has 0 unspecified atom stereocenters. The van der Waals surface area contributed by atoms with E-state index in [1.165, 1.54) is 7.11 Å². The minimum absolute atomic E-state index is 0.175. The van der Waals surface area contributed by atoms with Crippen LogP contribution in [-0.4, -0.2) is 25.5 Å². The molecule has 1 N–H and O–H groups in total. The van der Waals surface area contributed by atoms with Crippen LogP contribution in [-0.2, 0) is 9.53 Å². The van der Waals surface area contributed by atoms with Crippen LogP contribution < -0.4 is 5.32 Å². The maximum atomic E-state index is 11.7. The Balaban J connectivity index is 2.15. The molecule has 1 aromatic carbocycles. The molecule has 2 rings (SSSR count). The van der Waals surface area contributed by atoms with E-state index in [-0.39, 0.29) is 12.3 Å². The van der Waals surface area contributed by atoms with E-state index in [1.54, 1.807) is 6.07 Å². The number of methoxy groups -OCH3 is 1. The van der Waals surface area contributed by atoms with Crippen LogP contribution in [0, 0.1) is 6.92 Å². The van der Waals surface area contributed by atoms with Crippen LogP contribution in [0.1, 0.15) is 16.1 Å². The van der Waals surface area contributed by atoms with Crippen LogP contribution >= 0.6 is 0 Å². The molecule has 0 aliphatic rings. The zero-order chi connectivity index (χ0) is 13.1. The van der Waals surface area contributed by atoms with E-state index >= 15 is 0 Å². The lowest BCUT2D eigenvalue weighted by molar-refractivity contribution is -0.139. The number of hydrogen-bond donors (Lipinski definition) is 1. The number of rotatable bonds is 3. The van der Waals surface area contributed by atoms with Gasteiger partial charge in [0.25, 0.3) is 5.91 Å². The number of furan rings is 1. The molecular weight excluding hydrogens is 234 g/mol. The summed E-state index contributed by atoms with van der Waals surface area (Å²) >= 11 is 0. The molecule has 0 bridgehead atoms. The van der Waals surface area contributed by atoms with Crippen LogP contribution in [0.25, 0.3) is 11.0 Å². The molecule has 5 nitrogen and oxygen atoms in total. The molecule has 0 saturated heterocycles. The third-order valence-electron chi connectivity index (χ3n) is 2.52. The smallest absolute Gasteiger partial charge is 0.325 e. The topological polar surface area (TPSA) is 68.5 Å². The first kappa shape index (κ1) is 12.2. The Bertz CT molecular complexity index is 600. The summed E-state index contributed by atoms with van der Waals surface area (Å²) in [5, 5.41) is 3.28. The van der Waals surface area contributed by atoms with Gasteiger partial charge < -0.3 is 14.5 Å². The first-order chi connectivity index (χ1) is 8.60. The summed E-state index contributed by atoms with van der Waals surface area (Å²) in [4.78, 5) is 22.6. The van der Waals surface area contributed by atoms with Gasteiger partial charge in [-0.2, -0.15) is 0 Å². The Morgan fingerprint density at radius 1 is 1.33 bits per heavy atom. The summed E-state index contributed by atoms with van der Waals surface area (Å²) in [6.07, 6.45) is 0. The number of nitrogens with one attached hydrogen (secondary N) is 1. The van der Waals surface area contributed by atoms with Crippen LogP contribution in [0.5, 0.6) is 0 Å². The Hall–Kier alpha value is -2.30. The van der Waals surface area contributed by atoms with Crippen LogP contribution in [0.2, 0.25) is 0 Å². The zero-order valence-electron chi connectivity index (χ0n) is 10.1. The van der Waals surface area contributed by atoms with Gasteiger partial charge in [-0.05, 0) is 25.1 Å². The highest BCUT2D eigenvalue weighted by atomic mass is 16.5. The maximum Gasteiger partial charge on any atom is 0.325 e.